The lowest BCUT2D eigenvalue weighted by molar-refractivity contribution is -0.137. The predicted molar refractivity (Wildman–Crippen MR) is 203 cm³/mol. The third kappa shape index (κ3) is 16.0. The Kier molecular flexibility index (Phi) is 19.3. The molecule has 5 heteroatoms. The Morgan fingerprint density at radius 2 is 1.42 bits per heavy atom. The van der Waals surface area contributed by atoms with Gasteiger partial charge in [-0.15, -0.1) is 0 Å². The molecule has 2 heterocycles. The lowest BCUT2D eigenvalue weighted by Gasteiger charge is -2.33. The Morgan fingerprint density at radius 1 is 0.792 bits per heavy atom. The number of carboxylic acid groups (broad SMARTS) is 1. The molecular weight excluding hydrogens is 590 g/mol. The second kappa shape index (κ2) is 23.4. The minimum atomic E-state index is -0.682. The zero-order valence-electron chi connectivity index (χ0n) is 30.9. The van der Waals surface area contributed by atoms with Gasteiger partial charge in [0.25, 0.3) is 0 Å². The molecule has 2 atom stereocenters. The molecule has 6 rings (SSSR count). The van der Waals surface area contributed by atoms with E-state index in [1.165, 1.54) is 101 Å². The molecule has 1 aromatic heterocycles. The quantitative estimate of drug-likeness (QED) is 0.220. The zero-order chi connectivity index (χ0) is 34.4. The second-order valence-electron chi connectivity index (χ2n) is 14.6. The summed E-state index contributed by atoms with van der Waals surface area (Å²) in [5.74, 6) is 2.94. The van der Waals surface area contributed by atoms with Crippen LogP contribution in [0, 0.1) is 17.8 Å². The van der Waals surface area contributed by atoms with Crippen molar-refractivity contribution in [3.63, 3.8) is 0 Å². The molecule has 1 aliphatic heterocycles. The van der Waals surface area contributed by atoms with Crippen molar-refractivity contribution in [1.82, 2.24) is 14.7 Å². The van der Waals surface area contributed by atoms with Crippen LogP contribution in [0.25, 0.3) is 0 Å². The number of aliphatic carboxylic acids is 1. The first-order valence-corrected chi connectivity index (χ1v) is 19.4. The number of nitrogens with zero attached hydrogens (tertiary/aromatic N) is 3. The highest BCUT2D eigenvalue weighted by Crippen LogP contribution is 2.34. The first kappa shape index (κ1) is 39.5. The molecule has 1 N–H and O–H groups in total. The van der Waals surface area contributed by atoms with Crippen LogP contribution >= 0.6 is 0 Å². The van der Waals surface area contributed by atoms with Gasteiger partial charge >= 0.3 is 5.97 Å². The molecule has 2 saturated carbocycles. The van der Waals surface area contributed by atoms with Crippen molar-refractivity contribution < 1.29 is 9.90 Å². The standard InChI is InChI=1S/C24H35N3.C7H14.C6H12O2.C6H6/c1-3-27-24(17-23(25-27)16-20-7-5-4-6-8-20)22-11-13-26(14-12-22)18-21-10-9-19(2)15-21;1-7-5-3-2-4-6-7;1-2-3-4-5-6(7)8;1-2-4-6-5-3-1/h4-8,17,19,21-22H,3,9-16,18H2,1-2H3;7H,2-6H2,1H3;2-5H2,1H3,(H,7,8);1-6H. The van der Waals surface area contributed by atoms with Gasteiger partial charge in [0.05, 0.1) is 5.69 Å². The van der Waals surface area contributed by atoms with Gasteiger partial charge in [0.15, 0.2) is 0 Å². The smallest absolute Gasteiger partial charge is 0.303 e. The number of likely N-dealkylation sites (tertiary alicyclic amines) is 1. The normalized spacial score (nSPS) is 20.0. The SMILES string of the molecule is CC1CCCCC1.CCCCCC(=O)O.CCn1nc(Cc2ccccc2)cc1C1CCN(CC2CCC(C)C2)CC1.c1ccccc1. The Balaban J connectivity index is 0.000000240. The number of carboxylic acids is 1. The molecule has 5 nitrogen and oxygen atoms in total. The van der Waals surface area contributed by atoms with Crippen molar-refractivity contribution in [2.45, 2.75) is 136 Å². The summed E-state index contributed by atoms with van der Waals surface area (Å²) in [7, 11) is 0. The Morgan fingerprint density at radius 3 is 1.92 bits per heavy atom. The molecule has 0 radical (unpaired) electrons. The summed E-state index contributed by atoms with van der Waals surface area (Å²) in [5, 5.41) is 13.1. The van der Waals surface area contributed by atoms with Crippen LogP contribution in [0.4, 0.5) is 0 Å². The third-order valence-electron chi connectivity index (χ3n) is 10.3. The van der Waals surface area contributed by atoms with E-state index in [1.54, 1.807) is 0 Å². The number of rotatable bonds is 10. The minimum Gasteiger partial charge on any atom is -0.481 e. The summed E-state index contributed by atoms with van der Waals surface area (Å²) in [4.78, 5) is 12.6. The lowest BCUT2D eigenvalue weighted by atomic mass is 9.91. The van der Waals surface area contributed by atoms with E-state index >= 15 is 0 Å². The highest BCUT2D eigenvalue weighted by Gasteiger charge is 2.28. The van der Waals surface area contributed by atoms with E-state index in [1.807, 2.05) is 36.4 Å². The average Bonchev–Trinajstić information content (AvgIpc) is 3.72. The van der Waals surface area contributed by atoms with Crippen molar-refractivity contribution in [3.05, 3.63) is 89.7 Å². The van der Waals surface area contributed by atoms with Gasteiger partial charge in [-0.25, -0.2) is 0 Å². The maximum Gasteiger partial charge on any atom is 0.303 e. The Hall–Kier alpha value is -2.92. The molecule has 3 fully saturated rings. The lowest BCUT2D eigenvalue weighted by Crippen LogP contribution is -2.36. The van der Waals surface area contributed by atoms with E-state index in [4.69, 9.17) is 10.2 Å². The number of unbranched alkanes of at least 4 members (excludes halogenated alkanes) is 2. The summed E-state index contributed by atoms with van der Waals surface area (Å²) in [5.41, 5.74) is 4.04. The highest BCUT2D eigenvalue weighted by molar-refractivity contribution is 5.66. The summed E-state index contributed by atoms with van der Waals surface area (Å²) in [6, 6.07) is 25.1. The maximum absolute atomic E-state index is 9.87. The van der Waals surface area contributed by atoms with Gasteiger partial charge in [0.2, 0.25) is 0 Å². The van der Waals surface area contributed by atoms with Crippen molar-refractivity contribution in [2.24, 2.45) is 17.8 Å². The average molecular weight is 658 g/mol. The molecule has 2 unspecified atom stereocenters. The van der Waals surface area contributed by atoms with Crippen LogP contribution in [0.2, 0.25) is 0 Å². The molecule has 48 heavy (non-hydrogen) atoms. The van der Waals surface area contributed by atoms with Crippen LogP contribution < -0.4 is 0 Å². The largest absolute Gasteiger partial charge is 0.481 e. The van der Waals surface area contributed by atoms with Gasteiger partial charge in [0.1, 0.15) is 0 Å². The van der Waals surface area contributed by atoms with E-state index in [-0.39, 0.29) is 0 Å². The first-order chi connectivity index (χ1) is 23.4. The van der Waals surface area contributed by atoms with Crippen molar-refractivity contribution in [3.8, 4) is 0 Å². The molecule has 0 amide bonds. The van der Waals surface area contributed by atoms with E-state index in [0.29, 0.717) is 12.3 Å². The van der Waals surface area contributed by atoms with Gasteiger partial charge in [-0.3, -0.25) is 9.48 Å². The van der Waals surface area contributed by atoms with Crippen LogP contribution in [0.5, 0.6) is 0 Å². The molecule has 0 bridgehead atoms. The number of hydrogen-bond donors (Lipinski definition) is 1. The summed E-state index contributed by atoms with van der Waals surface area (Å²) in [6.45, 7) is 13.9. The highest BCUT2D eigenvalue weighted by atomic mass is 16.4. The molecule has 0 spiro atoms. The summed E-state index contributed by atoms with van der Waals surface area (Å²) in [6.07, 6.45) is 18.6. The monoisotopic (exact) mass is 658 g/mol. The van der Waals surface area contributed by atoms with Crippen LogP contribution in [0.15, 0.2) is 72.8 Å². The number of aromatic nitrogens is 2. The van der Waals surface area contributed by atoms with E-state index in [2.05, 4.69) is 73.7 Å². The second-order valence-corrected chi connectivity index (χ2v) is 14.6. The molecule has 2 aromatic carbocycles. The molecule has 3 aliphatic rings. The molecule has 2 aliphatic carbocycles. The predicted octanol–water partition coefficient (Wildman–Crippen LogP) is 11.0. The fourth-order valence-electron chi connectivity index (χ4n) is 7.45. The zero-order valence-corrected chi connectivity index (χ0v) is 30.9. The van der Waals surface area contributed by atoms with Crippen molar-refractivity contribution in [2.75, 3.05) is 19.6 Å². The van der Waals surface area contributed by atoms with Gasteiger partial charge in [-0.05, 0) is 81.5 Å². The van der Waals surface area contributed by atoms with Crippen LogP contribution in [0.1, 0.15) is 140 Å². The Bertz CT molecular complexity index is 1190. The van der Waals surface area contributed by atoms with E-state index in [9.17, 15) is 4.79 Å². The first-order valence-electron chi connectivity index (χ1n) is 19.4. The molecule has 1 saturated heterocycles. The number of carbonyl (C=O) groups is 1. The number of benzene rings is 2. The van der Waals surface area contributed by atoms with Gasteiger partial charge < -0.3 is 10.0 Å². The van der Waals surface area contributed by atoms with Crippen LogP contribution in [0.3, 0.4) is 0 Å². The fourth-order valence-corrected chi connectivity index (χ4v) is 7.45. The number of aryl methyl sites for hydroxylation is 1. The van der Waals surface area contributed by atoms with E-state index in [0.717, 1.165) is 50.0 Å². The Labute approximate surface area is 293 Å². The molecule has 266 valence electrons. The van der Waals surface area contributed by atoms with Crippen molar-refractivity contribution in [1.29, 1.82) is 0 Å². The number of hydrogen-bond acceptors (Lipinski definition) is 3. The van der Waals surface area contributed by atoms with E-state index < -0.39 is 5.97 Å². The van der Waals surface area contributed by atoms with Crippen LogP contribution in [-0.4, -0.2) is 45.4 Å². The summed E-state index contributed by atoms with van der Waals surface area (Å²) < 4.78 is 2.26. The third-order valence-corrected chi connectivity index (χ3v) is 10.3. The van der Waals surface area contributed by atoms with Crippen molar-refractivity contribution >= 4 is 5.97 Å². The molecule has 3 aromatic rings. The fraction of sp³-hybridized carbons (Fsp3) is 0.628. The van der Waals surface area contributed by atoms with Gasteiger partial charge in [-0.2, -0.15) is 5.10 Å². The molecular formula is C43H67N3O2. The summed E-state index contributed by atoms with van der Waals surface area (Å²) >= 11 is 0. The topological polar surface area (TPSA) is 58.4 Å². The maximum atomic E-state index is 9.87. The number of piperidine rings is 1. The van der Waals surface area contributed by atoms with Crippen LogP contribution in [-0.2, 0) is 17.8 Å². The van der Waals surface area contributed by atoms with Gasteiger partial charge in [-0.1, -0.05) is 139 Å². The minimum absolute atomic E-state index is 0.327. The van der Waals surface area contributed by atoms with Gasteiger partial charge in [0, 0.05) is 37.5 Å².